The molecule has 102 valence electrons. The lowest BCUT2D eigenvalue weighted by molar-refractivity contribution is -0.120. The fourth-order valence-corrected chi connectivity index (χ4v) is 3.63. The molecular formula is C15H20N2O2. The third-order valence-electron chi connectivity index (χ3n) is 4.83. The van der Waals surface area contributed by atoms with Crippen LogP contribution in [-0.4, -0.2) is 31.5 Å². The Hall–Kier alpha value is -1.55. The van der Waals surface area contributed by atoms with Crippen LogP contribution in [0.1, 0.15) is 30.0 Å². The maximum Gasteiger partial charge on any atom is 0.209 e. The summed E-state index contributed by atoms with van der Waals surface area (Å²) in [5, 5.41) is 0. The Labute approximate surface area is 113 Å². The van der Waals surface area contributed by atoms with Gasteiger partial charge >= 0.3 is 0 Å². The van der Waals surface area contributed by atoms with Crippen LogP contribution in [0.3, 0.4) is 0 Å². The highest BCUT2D eigenvalue weighted by molar-refractivity contribution is 5.50. The lowest BCUT2D eigenvalue weighted by atomic mass is 9.73. The number of ether oxygens (including phenoxy) is 1. The lowest BCUT2D eigenvalue weighted by Crippen LogP contribution is -2.43. The Morgan fingerprint density at radius 3 is 2.79 bits per heavy atom. The second-order valence-electron chi connectivity index (χ2n) is 5.69. The number of fused-ring (bicyclic) bond motifs is 1. The highest BCUT2D eigenvalue weighted by atomic mass is 16.5. The number of likely N-dealkylation sites (tertiary alicyclic amines) is 1. The molecule has 1 aromatic carbocycles. The van der Waals surface area contributed by atoms with Crippen molar-refractivity contribution in [1.82, 2.24) is 4.90 Å². The molecule has 0 saturated carbocycles. The van der Waals surface area contributed by atoms with E-state index in [0.717, 1.165) is 44.5 Å². The predicted molar refractivity (Wildman–Crippen MR) is 72.9 cm³/mol. The molecule has 4 nitrogen and oxygen atoms in total. The number of piperidine rings is 1. The maximum absolute atomic E-state index is 10.8. The molecule has 1 heterocycles. The molecule has 2 aliphatic rings. The van der Waals surface area contributed by atoms with Gasteiger partial charge in [-0.2, -0.15) is 0 Å². The Bertz CT molecular complexity index is 493. The van der Waals surface area contributed by atoms with Crippen molar-refractivity contribution in [2.75, 3.05) is 20.2 Å². The zero-order valence-electron chi connectivity index (χ0n) is 11.3. The molecule has 1 fully saturated rings. The van der Waals surface area contributed by atoms with Crippen LogP contribution >= 0.6 is 0 Å². The monoisotopic (exact) mass is 260 g/mol. The molecular weight excluding hydrogens is 240 g/mol. The van der Waals surface area contributed by atoms with E-state index in [1.807, 2.05) is 17.0 Å². The van der Waals surface area contributed by atoms with Gasteiger partial charge in [-0.3, -0.25) is 4.79 Å². The SMILES string of the molecule is COc1cccc2c1C(N)C1(CCN(C=O)CC1)C2. The first kappa shape index (κ1) is 12.5. The number of amides is 1. The van der Waals surface area contributed by atoms with Crippen LogP contribution in [0, 0.1) is 5.41 Å². The fraction of sp³-hybridized carbons (Fsp3) is 0.533. The van der Waals surface area contributed by atoms with Crippen LogP contribution < -0.4 is 10.5 Å². The number of carbonyl (C=O) groups is 1. The number of hydrogen-bond acceptors (Lipinski definition) is 3. The van der Waals surface area contributed by atoms with Crippen molar-refractivity contribution >= 4 is 6.41 Å². The normalized spacial score (nSPS) is 24.3. The van der Waals surface area contributed by atoms with E-state index in [1.54, 1.807) is 7.11 Å². The number of methoxy groups -OCH3 is 1. The first-order chi connectivity index (χ1) is 9.20. The van der Waals surface area contributed by atoms with Gasteiger partial charge in [0.05, 0.1) is 7.11 Å². The summed E-state index contributed by atoms with van der Waals surface area (Å²) in [6, 6.07) is 6.19. The minimum atomic E-state index is 0.0208. The molecule has 1 amide bonds. The summed E-state index contributed by atoms with van der Waals surface area (Å²) in [5.74, 6) is 0.902. The van der Waals surface area contributed by atoms with Crippen LogP contribution in [-0.2, 0) is 11.2 Å². The first-order valence-corrected chi connectivity index (χ1v) is 6.81. The highest BCUT2D eigenvalue weighted by Crippen LogP contribution is 2.52. The van der Waals surface area contributed by atoms with Crippen molar-refractivity contribution in [3.05, 3.63) is 29.3 Å². The average molecular weight is 260 g/mol. The summed E-state index contributed by atoms with van der Waals surface area (Å²) in [6.07, 6.45) is 3.91. The average Bonchev–Trinajstić information content (AvgIpc) is 2.73. The molecule has 1 spiro atoms. The van der Waals surface area contributed by atoms with Gasteiger partial charge in [0, 0.05) is 24.7 Å². The third-order valence-corrected chi connectivity index (χ3v) is 4.83. The molecule has 19 heavy (non-hydrogen) atoms. The molecule has 0 aromatic heterocycles. The lowest BCUT2D eigenvalue weighted by Gasteiger charge is -2.41. The predicted octanol–water partition coefficient (Wildman–Crippen LogP) is 1.49. The molecule has 3 rings (SSSR count). The highest BCUT2D eigenvalue weighted by Gasteiger charge is 2.46. The smallest absolute Gasteiger partial charge is 0.209 e. The van der Waals surface area contributed by atoms with E-state index in [2.05, 4.69) is 6.07 Å². The van der Waals surface area contributed by atoms with Gasteiger partial charge in [0.2, 0.25) is 6.41 Å². The summed E-state index contributed by atoms with van der Waals surface area (Å²) in [5.41, 5.74) is 9.12. The third kappa shape index (κ3) is 1.82. The van der Waals surface area contributed by atoms with E-state index in [9.17, 15) is 4.79 Å². The summed E-state index contributed by atoms with van der Waals surface area (Å²) in [7, 11) is 1.70. The fourth-order valence-electron chi connectivity index (χ4n) is 3.63. The quantitative estimate of drug-likeness (QED) is 0.820. The minimum Gasteiger partial charge on any atom is -0.496 e. The summed E-state index contributed by atoms with van der Waals surface area (Å²) in [6.45, 7) is 1.63. The second kappa shape index (κ2) is 4.53. The molecule has 0 bridgehead atoms. The Balaban J connectivity index is 1.91. The van der Waals surface area contributed by atoms with Crippen molar-refractivity contribution in [2.24, 2.45) is 11.1 Å². The Kier molecular flexibility index (Phi) is 2.97. The van der Waals surface area contributed by atoms with Crippen molar-refractivity contribution < 1.29 is 9.53 Å². The molecule has 2 N–H and O–H groups in total. The van der Waals surface area contributed by atoms with E-state index in [1.165, 1.54) is 11.1 Å². The zero-order chi connectivity index (χ0) is 13.5. The maximum atomic E-state index is 10.8. The van der Waals surface area contributed by atoms with Gasteiger partial charge in [-0.05, 0) is 36.3 Å². The van der Waals surface area contributed by atoms with Crippen molar-refractivity contribution in [3.8, 4) is 5.75 Å². The van der Waals surface area contributed by atoms with E-state index < -0.39 is 0 Å². The first-order valence-electron chi connectivity index (χ1n) is 6.81. The molecule has 4 heteroatoms. The number of nitrogens with two attached hydrogens (primary N) is 1. The van der Waals surface area contributed by atoms with Gasteiger partial charge in [0.1, 0.15) is 5.75 Å². The van der Waals surface area contributed by atoms with Crippen molar-refractivity contribution in [1.29, 1.82) is 0 Å². The Morgan fingerprint density at radius 2 is 2.16 bits per heavy atom. The molecule has 1 unspecified atom stereocenters. The van der Waals surface area contributed by atoms with Crippen LogP contribution in [0.4, 0.5) is 0 Å². The van der Waals surface area contributed by atoms with E-state index in [4.69, 9.17) is 10.5 Å². The van der Waals surface area contributed by atoms with Gasteiger partial charge in [-0.1, -0.05) is 12.1 Å². The number of carbonyl (C=O) groups excluding carboxylic acids is 1. The molecule has 1 saturated heterocycles. The molecule has 0 radical (unpaired) electrons. The standard InChI is InChI=1S/C15H20N2O2/c1-19-12-4-2-3-11-9-15(14(16)13(11)12)5-7-17(10-18)8-6-15/h2-4,10,14H,5-9,16H2,1H3. The molecule has 1 aliphatic heterocycles. The van der Waals surface area contributed by atoms with Crippen LogP contribution in [0.5, 0.6) is 5.75 Å². The zero-order valence-corrected chi connectivity index (χ0v) is 11.3. The van der Waals surface area contributed by atoms with Gasteiger partial charge < -0.3 is 15.4 Å². The Morgan fingerprint density at radius 1 is 1.42 bits per heavy atom. The van der Waals surface area contributed by atoms with Crippen LogP contribution in [0.2, 0.25) is 0 Å². The summed E-state index contributed by atoms with van der Waals surface area (Å²) >= 11 is 0. The van der Waals surface area contributed by atoms with E-state index in [-0.39, 0.29) is 11.5 Å². The second-order valence-corrected chi connectivity index (χ2v) is 5.69. The van der Waals surface area contributed by atoms with Crippen molar-refractivity contribution in [2.45, 2.75) is 25.3 Å². The van der Waals surface area contributed by atoms with Crippen LogP contribution in [0.25, 0.3) is 0 Å². The van der Waals surface area contributed by atoms with Gasteiger partial charge in [-0.25, -0.2) is 0 Å². The summed E-state index contributed by atoms with van der Waals surface area (Å²) < 4.78 is 5.46. The van der Waals surface area contributed by atoms with Gasteiger partial charge in [-0.15, -0.1) is 0 Å². The number of nitrogens with zero attached hydrogens (tertiary/aromatic N) is 1. The van der Waals surface area contributed by atoms with Gasteiger partial charge in [0.15, 0.2) is 0 Å². The van der Waals surface area contributed by atoms with E-state index >= 15 is 0 Å². The topological polar surface area (TPSA) is 55.6 Å². The van der Waals surface area contributed by atoms with Gasteiger partial charge in [0.25, 0.3) is 0 Å². The number of hydrogen-bond donors (Lipinski definition) is 1. The minimum absolute atomic E-state index is 0.0208. The summed E-state index contributed by atoms with van der Waals surface area (Å²) in [4.78, 5) is 12.7. The molecule has 1 atom stereocenters. The van der Waals surface area contributed by atoms with Crippen LogP contribution in [0.15, 0.2) is 18.2 Å². The molecule has 1 aliphatic carbocycles. The number of benzene rings is 1. The largest absolute Gasteiger partial charge is 0.496 e. The number of rotatable bonds is 2. The molecule has 1 aromatic rings. The van der Waals surface area contributed by atoms with E-state index in [0.29, 0.717) is 0 Å². The van der Waals surface area contributed by atoms with Crippen molar-refractivity contribution in [3.63, 3.8) is 0 Å².